The molecule has 2 aromatic carbocycles. The second-order valence-electron chi connectivity index (χ2n) is 7.77. The van der Waals surface area contributed by atoms with Crippen LogP contribution in [0.3, 0.4) is 0 Å². The second-order valence-corrected chi connectivity index (χ2v) is 9.71. The van der Waals surface area contributed by atoms with Crippen LogP contribution in [-0.2, 0) is 10.0 Å². The smallest absolute Gasteiger partial charge is 0.277 e. The highest BCUT2D eigenvalue weighted by Crippen LogP contribution is 2.32. The Morgan fingerprint density at radius 3 is 2.42 bits per heavy atom. The van der Waals surface area contributed by atoms with Crippen molar-refractivity contribution in [2.45, 2.75) is 31.6 Å². The molecule has 2 heterocycles. The summed E-state index contributed by atoms with van der Waals surface area (Å²) < 4.78 is 27.5. The highest BCUT2D eigenvalue weighted by Gasteiger charge is 2.25. The zero-order valence-corrected chi connectivity index (χ0v) is 19.6. The fourth-order valence-electron chi connectivity index (χ4n) is 3.96. The van der Waals surface area contributed by atoms with E-state index in [1.807, 2.05) is 30.3 Å². The van der Waals surface area contributed by atoms with Gasteiger partial charge >= 0.3 is 0 Å². The molecule has 1 aromatic heterocycles. The standard InChI is InChI=1S/C23H28N6O3S/c1-3-28(4-2)33(31,32)19-12-13-22(27-14-8-9-15-27)20(16-19)25-23(30)21-17-24-29(26-21)18-10-6-5-7-11-18/h5-7,10-13,16-17H,3-4,8-9,14-15H2,1-2H3,(H,25,30). The van der Waals surface area contributed by atoms with Crippen LogP contribution < -0.4 is 10.2 Å². The van der Waals surface area contributed by atoms with E-state index in [-0.39, 0.29) is 10.6 Å². The predicted molar refractivity (Wildman–Crippen MR) is 127 cm³/mol. The van der Waals surface area contributed by atoms with Gasteiger partial charge in [0.05, 0.1) is 28.2 Å². The van der Waals surface area contributed by atoms with Crippen LogP contribution in [0.5, 0.6) is 0 Å². The van der Waals surface area contributed by atoms with Gasteiger partial charge in [-0.1, -0.05) is 32.0 Å². The number of amides is 1. The number of hydrogen-bond donors (Lipinski definition) is 1. The summed E-state index contributed by atoms with van der Waals surface area (Å²) in [4.78, 5) is 16.7. The molecule has 0 spiro atoms. The van der Waals surface area contributed by atoms with Crippen molar-refractivity contribution in [3.63, 3.8) is 0 Å². The summed E-state index contributed by atoms with van der Waals surface area (Å²) in [6.07, 6.45) is 3.50. The quantitative estimate of drug-likeness (QED) is 0.545. The number of para-hydroxylation sites is 1. The molecular weight excluding hydrogens is 440 g/mol. The van der Waals surface area contributed by atoms with Gasteiger partial charge in [-0.15, -0.1) is 5.10 Å². The van der Waals surface area contributed by atoms with Gasteiger partial charge in [0.25, 0.3) is 5.91 Å². The summed E-state index contributed by atoms with van der Waals surface area (Å²) in [5, 5.41) is 11.3. The fraction of sp³-hybridized carbons (Fsp3) is 0.348. The molecule has 0 unspecified atom stereocenters. The Morgan fingerprint density at radius 2 is 1.76 bits per heavy atom. The van der Waals surface area contributed by atoms with E-state index in [0.29, 0.717) is 18.8 Å². The lowest BCUT2D eigenvalue weighted by Gasteiger charge is -2.24. The van der Waals surface area contributed by atoms with Gasteiger partial charge in [0.15, 0.2) is 5.69 Å². The predicted octanol–water partition coefficient (Wildman–Crippen LogP) is 3.15. The minimum absolute atomic E-state index is 0.142. The first kappa shape index (κ1) is 22.9. The molecule has 10 heteroatoms. The first-order chi connectivity index (χ1) is 15.9. The molecule has 0 radical (unpaired) electrons. The molecule has 0 aliphatic carbocycles. The Labute approximate surface area is 194 Å². The van der Waals surface area contributed by atoms with Crippen molar-refractivity contribution in [2.75, 3.05) is 36.4 Å². The van der Waals surface area contributed by atoms with Gasteiger partial charge in [0.1, 0.15) is 0 Å². The summed E-state index contributed by atoms with van der Waals surface area (Å²) in [7, 11) is -3.66. The van der Waals surface area contributed by atoms with Gasteiger partial charge < -0.3 is 10.2 Å². The average Bonchev–Trinajstić information content (AvgIpc) is 3.53. The molecule has 1 fully saturated rings. The highest BCUT2D eigenvalue weighted by atomic mass is 32.2. The normalized spacial score (nSPS) is 14.1. The molecule has 3 aromatic rings. The van der Waals surface area contributed by atoms with Crippen molar-refractivity contribution in [1.82, 2.24) is 19.3 Å². The van der Waals surface area contributed by atoms with E-state index in [1.54, 1.807) is 32.0 Å². The molecule has 0 atom stereocenters. The third-order valence-electron chi connectivity index (χ3n) is 5.72. The summed E-state index contributed by atoms with van der Waals surface area (Å²) in [5.74, 6) is -0.449. The molecule has 1 aliphatic rings. The third-order valence-corrected chi connectivity index (χ3v) is 7.76. The van der Waals surface area contributed by atoms with Crippen LogP contribution >= 0.6 is 0 Å². The van der Waals surface area contributed by atoms with Crippen LogP contribution in [0.4, 0.5) is 11.4 Å². The number of aromatic nitrogens is 3. The number of nitrogens with zero attached hydrogens (tertiary/aromatic N) is 5. The second kappa shape index (κ2) is 9.72. The zero-order valence-electron chi connectivity index (χ0n) is 18.8. The largest absolute Gasteiger partial charge is 0.370 e. The first-order valence-electron chi connectivity index (χ1n) is 11.1. The summed E-state index contributed by atoms with van der Waals surface area (Å²) in [6, 6.07) is 14.2. The number of nitrogens with one attached hydrogen (secondary N) is 1. The van der Waals surface area contributed by atoms with Crippen LogP contribution in [0.15, 0.2) is 59.6 Å². The van der Waals surface area contributed by atoms with Gasteiger partial charge in [-0.25, -0.2) is 8.42 Å². The number of benzene rings is 2. The molecule has 33 heavy (non-hydrogen) atoms. The number of carbonyl (C=O) groups excluding carboxylic acids is 1. The summed E-state index contributed by atoms with van der Waals surface area (Å²) in [6.45, 7) is 6.06. The Bertz CT molecular complexity index is 1220. The van der Waals surface area contributed by atoms with E-state index < -0.39 is 15.9 Å². The summed E-state index contributed by atoms with van der Waals surface area (Å²) in [5.41, 5.74) is 2.13. The van der Waals surface area contributed by atoms with Gasteiger partial charge in [-0.05, 0) is 43.2 Å². The molecule has 1 aliphatic heterocycles. The van der Waals surface area contributed by atoms with Crippen LogP contribution in [0.25, 0.3) is 5.69 Å². The van der Waals surface area contributed by atoms with Crippen LogP contribution in [-0.4, -0.2) is 59.8 Å². The maximum Gasteiger partial charge on any atom is 0.277 e. The topological polar surface area (TPSA) is 100 Å². The molecule has 1 amide bonds. The lowest BCUT2D eigenvalue weighted by atomic mass is 10.2. The Hall–Kier alpha value is -3.24. The Morgan fingerprint density at radius 1 is 1.06 bits per heavy atom. The van der Waals surface area contributed by atoms with Crippen molar-refractivity contribution in [2.24, 2.45) is 0 Å². The van der Waals surface area contributed by atoms with Crippen LogP contribution in [0.1, 0.15) is 37.2 Å². The molecule has 0 saturated carbocycles. The van der Waals surface area contributed by atoms with Crippen molar-refractivity contribution in [3.8, 4) is 5.69 Å². The number of anilines is 2. The lowest BCUT2D eigenvalue weighted by Crippen LogP contribution is -2.31. The van der Waals surface area contributed by atoms with E-state index >= 15 is 0 Å². The Kier molecular flexibility index (Phi) is 6.75. The highest BCUT2D eigenvalue weighted by molar-refractivity contribution is 7.89. The van der Waals surface area contributed by atoms with Crippen LogP contribution in [0.2, 0.25) is 0 Å². The van der Waals surface area contributed by atoms with E-state index in [1.165, 1.54) is 15.3 Å². The van der Waals surface area contributed by atoms with Crippen molar-refractivity contribution in [3.05, 3.63) is 60.4 Å². The van der Waals surface area contributed by atoms with Crippen molar-refractivity contribution in [1.29, 1.82) is 0 Å². The summed E-state index contributed by atoms with van der Waals surface area (Å²) >= 11 is 0. The van der Waals surface area contributed by atoms with Gasteiger partial charge in [0, 0.05) is 26.2 Å². The van der Waals surface area contributed by atoms with E-state index in [9.17, 15) is 13.2 Å². The van der Waals surface area contributed by atoms with E-state index in [0.717, 1.165) is 37.3 Å². The number of rotatable bonds is 8. The molecule has 4 rings (SSSR count). The van der Waals surface area contributed by atoms with E-state index in [4.69, 9.17) is 0 Å². The number of carbonyl (C=O) groups is 1. The maximum atomic E-state index is 13.1. The first-order valence-corrected chi connectivity index (χ1v) is 12.6. The Balaban J connectivity index is 1.66. The average molecular weight is 469 g/mol. The van der Waals surface area contributed by atoms with Crippen LogP contribution in [0, 0.1) is 0 Å². The molecule has 0 bridgehead atoms. The monoisotopic (exact) mass is 468 g/mol. The molecular formula is C23H28N6O3S. The van der Waals surface area contributed by atoms with Crippen molar-refractivity contribution < 1.29 is 13.2 Å². The molecule has 174 valence electrons. The van der Waals surface area contributed by atoms with Gasteiger partial charge in [-0.2, -0.15) is 14.2 Å². The molecule has 1 saturated heterocycles. The van der Waals surface area contributed by atoms with Gasteiger partial charge in [-0.3, -0.25) is 4.79 Å². The lowest BCUT2D eigenvalue weighted by molar-refractivity contribution is 0.102. The van der Waals surface area contributed by atoms with Gasteiger partial charge in [0.2, 0.25) is 10.0 Å². The zero-order chi connectivity index (χ0) is 23.4. The third kappa shape index (κ3) is 4.76. The molecule has 9 nitrogen and oxygen atoms in total. The molecule has 1 N–H and O–H groups in total. The number of hydrogen-bond acceptors (Lipinski definition) is 6. The SMILES string of the molecule is CCN(CC)S(=O)(=O)c1ccc(N2CCCC2)c(NC(=O)c2cnn(-c3ccccc3)n2)c1. The number of sulfonamides is 1. The fourth-order valence-corrected chi connectivity index (χ4v) is 5.45. The minimum Gasteiger partial charge on any atom is -0.370 e. The maximum absolute atomic E-state index is 13.1. The minimum atomic E-state index is -3.66. The van der Waals surface area contributed by atoms with Crippen molar-refractivity contribution >= 4 is 27.3 Å². The van der Waals surface area contributed by atoms with E-state index in [2.05, 4.69) is 20.4 Å².